The summed E-state index contributed by atoms with van der Waals surface area (Å²) in [6.45, 7) is 22.1. The highest BCUT2D eigenvalue weighted by atomic mass is 31.2. The van der Waals surface area contributed by atoms with Crippen molar-refractivity contribution in [1.82, 2.24) is 4.67 Å². The fourth-order valence-electron chi connectivity index (χ4n) is 4.09. The number of hydrogen-bond donors (Lipinski definition) is 0. The zero-order valence-electron chi connectivity index (χ0n) is 26.1. The fourth-order valence-corrected chi connectivity index (χ4v) is 9.91. The van der Waals surface area contributed by atoms with Crippen molar-refractivity contribution >= 4 is 32.3 Å². The zero-order chi connectivity index (χ0) is 30.2. The Morgan fingerprint density at radius 2 is 1.72 bits per heavy atom. The summed E-state index contributed by atoms with van der Waals surface area (Å²) in [5.74, 6) is -1.43. The van der Waals surface area contributed by atoms with Crippen molar-refractivity contribution in [2.75, 3.05) is 19.8 Å². The predicted octanol–water partition coefficient (Wildman–Crippen LogP) is 6.35. The molecule has 0 N–H and O–H groups in total. The first-order valence-corrected chi connectivity index (χ1v) is 19.7. The number of hydrogen-bond acceptors (Lipinski definition) is 9. The largest absolute Gasteiger partial charge is 0.401 e. The molecule has 14 heteroatoms. The molecule has 1 heterocycles. The molecule has 9 nitrogen and oxygen atoms in total. The van der Waals surface area contributed by atoms with E-state index < -0.39 is 54.7 Å². The smallest absolute Gasteiger partial charge is 0.361 e. The Labute approximate surface area is 239 Å². The molecule has 0 amide bonds. The van der Waals surface area contributed by atoms with Crippen molar-refractivity contribution in [2.45, 2.75) is 136 Å². The van der Waals surface area contributed by atoms with Crippen molar-refractivity contribution < 1.29 is 36.2 Å². The van der Waals surface area contributed by atoms with Crippen LogP contribution in [-0.2, 0) is 31.8 Å². The molecule has 0 spiro atoms. The minimum absolute atomic E-state index is 0.0968. The second-order valence-electron chi connectivity index (χ2n) is 11.9. The maximum atomic E-state index is 16.5. The van der Waals surface area contributed by atoms with Gasteiger partial charge in [-0.2, -0.15) is 5.26 Å². The van der Waals surface area contributed by atoms with E-state index in [9.17, 15) is 4.57 Å². The molecule has 0 radical (unpaired) electrons. The molecule has 0 aliphatic carbocycles. The van der Waals surface area contributed by atoms with Crippen LogP contribution in [0.4, 0.5) is 4.39 Å². The molecule has 1 fully saturated rings. The third-order valence-electron chi connectivity index (χ3n) is 7.04. The van der Waals surface area contributed by atoms with Gasteiger partial charge in [-0.25, -0.2) is 9.06 Å². The number of halogens is 1. The SMILES string of the molecule is B[C@@H]1O[C@H](C(F)C(O[Si](C)(C)C(C)(C)C)P(=O)(OCC)OCC)CC1OP(OCCC#N)N(C(C)C)C(C)C. The standard InChI is InChI=1S/C25H52BFN2O7P2Si/c1-12-32-38(30,33-13-2)24(36-39(10,11)25(7,8)9)22(27)20-17-21(23(26)34-20)35-37(31-16-14-15-28)29(18(3)4)19(5)6/h18-24H,12-14,16-17,26H2,1-11H3/t20-,21?,22?,23+,24?,37?/m0/s1. The number of alkyl halides is 1. The summed E-state index contributed by atoms with van der Waals surface area (Å²) in [6.07, 6.45) is -2.70. The van der Waals surface area contributed by atoms with Crippen LogP contribution >= 0.6 is 16.1 Å². The topological polar surface area (TPSA) is 99.5 Å². The highest BCUT2D eigenvalue weighted by Crippen LogP contribution is 2.58. The molecule has 0 bridgehead atoms. The molecular formula is C25H52BFN2O7P2Si. The number of nitrogens with zero attached hydrogens (tertiary/aromatic N) is 2. The van der Waals surface area contributed by atoms with Crippen molar-refractivity contribution in [2.24, 2.45) is 0 Å². The van der Waals surface area contributed by atoms with E-state index in [1.54, 1.807) is 13.8 Å². The predicted molar refractivity (Wildman–Crippen MR) is 160 cm³/mol. The molecule has 1 aliphatic rings. The summed E-state index contributed by atoms with van der Waals surface area (Å²) >= 11 is 0. The van der Waals surface area contributed by atoms with E-state index in [2.05, 4.69) is 38.4 Å². The van der Waals surface area contributed by atoms with Gasteiger partial charge in [0.25, 0.3) is 8.53 Å². The highest BCUT2D eigenvalue weighted by molar-refractivity contribution is 7.54. The van der Waals surface area contributed by atoms with Crippen LogP contribution in [0, 0.1) is 11.3 Å². The molecular weight excluding hydrogens is 560 g/mol. The monoisotopic (exact) mass is 612 g/mol. The molecule has 0 aromatic carbocycles. The van der Waals surface area contributed by atoms with Crippen LogP contribution in [0.15, 0.2) is 0 Å². The summed E-state index contributed by atoms with van der Waals surface area (Å²) in [7, 11) is -6.24. The van der Waals surface area contributed by atoms with Gasteiger partial charge in [-0.15, -0.1) is 0 Å². The van der Waals surface area contributed by atoms with E-state index in [0.29, 0.717) is 0 Å². The Bertz CT molecular complexity index is 813. The summed E-state index contributed by atoms with van der Waals surface area (Å²) in [4.78, 5) is 0. The summed E-state index contributed by atoms with van der Waals surface area (Å²) in [5, 5.41) is 8.74. The average molecular weight is 613 g/mol. The van der Waals surface area contributed by atoms with Crippen LogP contribution in [0.3, 0.4) is 0 Å². The molecule has 1 aliphatic heterocycles. The molecule has 0 aromatic heterocycles. The lowest BCUT2D eigenvalue weighted by atomic mass is 9.94. The Hall–Kier alpha value is 0.0818. The lowest BCUT2D eigenvalue weighted by Gasteiger charge is -2.42. The molecule has 6 atom stereocenters. The minimum atomic E-state index is -3.97. The van der Waals surface area contributed by atoms with Crippen LogP contribution in [0.2, 0.25) is 18.1 Å². The van der Waals surface area contributed by atoms with E-state index in [4.69, 9.17) is 32.5 Å². The van der Waals surface area contributed by atoms with Crippen LogP contribution in [-0.4, -0.2) is 83.0 Å². The van der Waals surface area contributed by atoms with Crippen LogP contribution < -0.4 is 0 Å². The van der Waals surface area contributed by atoms with Gasteiger partial charge in [0.15, 0.2) is 20.3 Å². The second kappa shape index (κ2) is 16.1. The van der Waals surface area contributed by atoms with Gasteiger partial charge >= 0.3 is 7.60 Å². The molecule has 39 heavy (non-hydrogen) atoms. The van der Waals surface area contributed by atoms with Gasteiger partial charge in [0, 0.05) is 18.5 Å². The average Bonchev–Trinajstić information content (AvgIpc) is 3.16. The van der Waals surface area contributed by atoms with Gasteiger partial charge in [0.2, 0.25) is 0 Å². The quantitative estimate of drug-likeness (QED) is 0.106. The van der Waals surface area contributed by atoms with Crippen molar-refractivity contribution in [3.8, 4) is 6.07 Å². The van der Waals surface area contributed by atoms with Gasteiger partial charge in [-0.1, -0.05) is 20.8 Å². The van der Waals surface area contributed by atoms with Crippen molar-refractivity contribution in [1.29, 1.82) is 5.26 Å². The van der Waals surface area contributed by atoms with Crippen molar-refractivity contribution in [3.05, 3.63) is 0 Å². The molecule has 4 unspecified atom stereocenters. The molecule has 0 saturated carbocycles. The zero-order valence-corrected chi connectivity index (χ0v) is 28.9. The Morgan fingerprint density at radius 3 is 2.15 bits per heavy atom. The fraction of sp³-hybridized carbons (Fsp3) is 0.960. The Kier molecular flexibility index (Phi) is 15.3. The van der Waals surface area contributed by atoms with Gasteiger partial charge in [-0.3, -0.25) is 4.57 Å². The molecule has 0 aromatic rings. The number of rotatable bonds is 17. The third-order valence-corrected chi connectivity index (χ3v) is 16.1. The van der Waals surface area contributed by atoms with E-state index in [-0.39, 0.29) is 49.8 Å². The molecule has 1 saturated heterocycles. The Balaban J connectivity index is 3.28. The van der Waals surface area contributed by atoms with E-state index >= 15 is 4.39 Å². The number of nitriles is 1. The summed E-state index contributed by atoms with van der Waals surface area (Å²) in [6, 6.07) is 1.92. The molecule has 1 rings (SSSR count). The highest BCUT2D eigenvalue weighted by Gasteiger charge is 2.53. The van der Waals surface area contributed by atoms with Gasteiger partial charge < -0.3 is 27.3 Å². The first kappa shape index (κ1) is 37.1. The maximum Gasteiger partial charge on any atom is 0.361 e. The summed E-state index contributed by atoms with van der Waals surface area (Å²) in [5.41, 5.74) is 0. The lowest BCUT2D eigenvalue weighted by Crippen LogP contribution is -2.48. The van der Waals surface area contributed by atoms with Gasteiger partial charge in [0.05, 0.1) is 50.5 Å². The third kappa shape index (κ3) is 10.4. The number of ether oxygens (including phenoxy) is 1. The van der Waals surface area contributed by atoms with Gasteiger partial charge in [-0.05, 0) is 59.7 Å². The van der Waals surface area contributed by atoms with Crippen LogP contribution in [0.25, 0.3) is 0 Å². The lowest BCUT2D eigenvalue weighted by molar-refractivity contribution is -0.0168. The Morgan fingerprint density at radius 1 is 1.18 bits per heavy atom. The van der Waals surface area contributed by atoms with Crippen LogP contribution in [0.1, 0.15) is 75.2 Å². The van der Waals surface area contributed by atoms with Gasteiger partial charge in [0.1, 0.15) is 7.85 Å². The van der Waals surface area contributed by atoms with E-state index in [1.165, 1.54) is 0 Å². The normalized spacial score (nSPS) is 23.4. The minimum Gasteiger partial charge on any atom is -0.401 e. The van der Waals surface area contributed by atoms with Crippen LogP contribution in [0.5, 0.6) is 0 Å². The summed E-state index contributed by atoms with van der Waals surface area (Å²) < 4.78 is 68.7. The first-order chi connectivity index (χ1) is 18.0. The maximum absolute atomic E-state index is 16.5. The van der Waals surface area contributed by atoms with E-state index in [1.807, 2.05) is 41.7 Å². The molecule has 228 valence electrons. The second-order valence-corrected chi connectivity index (χ2v) is 20.2. The first-order valence-electron chi connectivity index (χ1n) is 14.1. The van der Waals surface area contributed by atoms with E-state index in [0.717, 1.165) is 0 Å². The van der Waals surface area contributed by atoms with Crippen molar-refractivity contribution in [3.63, 3.8) is 0 Å².